The average Bonchev–Trinajstić information content (AvgIpc) is 2.73. The number of nitrogens with zero attached hydrogens (tertiary/aromatic N) is 1. The van der Waals surface area contributed by atoms with Crippen LogP contribution >= 0.6 is 0 Å². The van der Waals surface area contributed by atoms with Crippen molar-refractivity contribution in [1.82, 2.24) is 10.2 Å². The van der Waals surface area contributed by atoms with Gasteiger partial charge in [-0.05, 0) is 39.8 Å². The lowest BCUT2D eigenvalue weighted by molar-refractivity contribution is 0.00923. The fraction of sp³-hybridized carbons (Fsp3) is 0.643. The third kappa shape index (κ3) is 3.50. The molecular weight excluding hydrogens is 244 g/mol. The Labute approximate surface area is 113 Å². The normalized spacial score (nSPS) is 20.4. The van der Waals surface area contributed by atoms with Crippen LogP contribution in [0.1, 0.15) is 38.3 Å². The number of carbonyl (C=O) groups is 1. The van der Waals surface area contributed by atoms with Gasteiger partial charge in [0.25, 0.3) is 0 Å². The Morgan fingerprint density at radius 1 is 1.47 bits per heavy atom. The first kappa shape index (κ1) is 13.9. The standard InChI is InChI=1S/C14H22N2O3/c1-10-5-6-12(18-10)11-9-15-7-8-16(11)13(17)19-14(2,3)4/h5-6,11,15H,7-9H2,1-4H3. The van der Waals surface area contributed by atoms with Crippen LogP contribution in [0.5, 0.6) is 0 Å². The highest BCUT2D eigenvalue weighted by molar-refractivity contribution is 5.69. The van der Waals surface area contributed by atoms with E-state index in [1.165, 1.54) is 0 Å². The quantitative estimate of drug-likeness (QED) is 0.848. The van der Waals surface area contributed by atoms with Gasteiger partial charge in [-0.3, -0.25) is 4.90 Å². The molecule has 1 aromatic rings. The molecule has 2 heterocycles. The smallest absolute Gasteiger partial charge is 0.411 e. The monoisotopic (exact) mass is 266 g/mol. The number of hydrogen-bond acceptors (Lipinski definition) is 4. The molecule has 106 valence electrons. The molecule has 1 unspecified atom stereocenters. The zero-order chi connectivity index (χ0) is 14.0. The second kappa shape index (κ2) is 5.25. The van der Waals surface area contributed by atoms with Gasteiger partial charge >= 0.3 is 6.09 Å². The molecule has 1 atom stereocenters. The van der Waals surface area contributed by atoms with Crippen LogP contribution in [0.3, 0.4) is 0 Å². The maximum atomic E-state index is 12.2. The van der Waals surface area contributed by atoms with E-state index in [0.29, 0.717) is 13.1 Å². The Morgan fingerprint density at radius 2 is 2.21 bits per heavy atom. The molecule has 1 aliphatic heterocycles. The molecule has 1 N–H and O–H groups in total. The molecule has 0 aromatic carbocycles. The number of aryl methyl sites for hydroxylation is 1. The highest BCUT2D eigenvalue weighted by atomic mass is 16.6. The predicted octanol–water partition coefficient (Wildman–Crippen LogP) is 2.47. The number of carbonyl (C=O) groups excluding carboxylic acids is 1. The van der Waals surface area contributed by atoms with E-state index >= 15 is 0 Å². The molecular formula is C14H22N2O3. The summed E-state index contributed by atoms with van der Waals surface area (Å²) < 4.78 is 11.1. The molecule has 0 radical (unpaired) electrons. The molecule has 0 spiro atoms. The zero-order valence-electron chi connectivity index (χ0n) is 12.0. The van der Waals surface area contributed by atoms with Gasteiger partial charge in [-0.2, -0.15) is 0 Å². The zero-order valence-corrected chi connectivity index (χ0v) is 12.0. The van der Waals surface area contributed by atoms with E-state index in [0.717, 1.165) is 18.1 Å². The first-order valence-corrected chi connectivity index (χ1v) is 6.63. The van der Waals surface area contributed by atoms with Crippen LogP contribution in [0.15, 0.2) is 16.5 Å². The highest BCUT2D eigenvalue weighted by Gasteiger charge is 2.32. The summed E-state index contributed by atoms with van der Waals surface area (Å²) >= 11 is 0. The summed E-state index contributed by atoms with van der Waals surface area (Å²) in [6.07, 6.45) is -0.284. The van der Waals surface area contributed by atoms with Crippen molar-refractivity contribution < 1.29 is 13.9 Å². The SMILES string of the molecule is Cc1ccc(C2CNCCN2C(=O)OC(C)(C)C)o1. The topological polar surface area (TPSA) is 54.7 Å². The Balaban J connectivity index is 2.14. The summed E-state index contributed by atoms with van der Waals surface area (Å²) in [6, 6.07) is 3.74. The minimum Gasteiger partial charge on any atom is -0.464 e. The number of amides is 1. The van der Waals surface area contributed by atoms with E-state index in [4.69, 9.17) is 9.15 Å². The summed E-state index contributed by atoms with van der Waals surface area (Å²) in [4.78, 5) is 14.0. The van der Waals surface area contributed by atoms with Crippen molar-refractivity contribution in [2.45, 2.75) is 39.3 Å². The van der Waals surface area contributed by atoms with Crippen LogP contribution in [-0.2, 0) is 4.74 Å². The van der Waals surface area contributed by atoms with Crippen LogP contribution in [-0.4, -0.2) is 36.2 Å². The van der Waals surface area contributed by atoms with Gasteiger partial charge in [0.15, 0.2) is 0 Å². The molecule has 5 heteroatoms. The third-order valence-electron chi connectivity index (χ3n) is 2.96. The van der Waals surface area contributed by atoms with Crippen molar-refractivity contribution in [3.05, 3.63) is 23.7 Å². The Hall–Kier alpha value is -1.49. The van der Waals surface area contributed by atoms with Gasteiger partial charge in [-0.1, -0.05) is 0 Å². The predicted molar refractivity (Wildman–Crippen MR) is 72.0 cm³/mol. The Bertz CT molecular complexity index is 448. The number of ether oxygens (including phenoxy) is 1. The van der Waals surface area contributed by atoms with Crippen LogP contribution in [0.2, 0.25) is 0 Å². The van der Waals surface area contributed by atoms with Crippen LogP contribution < -0.4 is 5.32 Å². The second-order valence-electron chi connectivity index (χ2n) is 5.84. The number of nitrogens with one attached hydrogen (secondary N) is 1. The molecule has 1 aliphatic rings. The van der Waals surface area contributed by atoms with Gasteiger partial charge in [-0.15, -0.1) is 0 Å². The molecule has 0 aliphatic carbocycles. The molecule has 1 aromatic heterocycles. The largest absolute Gasteiger partial charge is 0.464 e. The molecule has 1 saturated heterocycles. The third-order valence-corrected chi connectivity index (χ3v) is 2.96. The van der Waals surface area contributed by atoms with Gasteiger partial charge in [0.2, 0.25) is 0 Å². The van der Waals surface area contributed by atoms with Crippen molar-refractivity contribution in [3.63, 3.8) is 0 Å². The average molecular weight is 266 g/mol. The van der Waals surface area contributed by atoms with Crippen molar-refractivity contribution in [2.24, 2.45) is 0 Å². The highest BCUT2D eigenvalue weighted by Crippen LogP contribution is 2.25. The maximum Gasteiger partial charge on any atom is 0.411 e. The van der Waals surface area contributed by atoms with Crippen molar-refractivity contribution in [2.75, 3.05) is 19.6 Å². The lowest BCUT2D eigenvalue weighted by Crippen LogP contribution is -2.50. The van der Waals surface area contributed by atoms with E-state index in [-0.39, 0.29) is 12.1 Å². The number of hydrogen-bond donors (Lipinski definition) is 1. The summed E-state index contributed by atoms with van der Waals surface area (Å²) in [7, 11) is 0. The molecule has 0 bridgehead atoms. The maximum absolute atomic E-state index is 12.2. The first-order chi connectivity index (χ1) is 8.87. The van der Waals surface area contributed by atoms with E-state index in [1.54, 1.807) is 4.90 Å². The number of rotatable bonds is 1. The van der Waals surface area contributed by atoms with Gasteiger partial charge in [0, 0.05) is 19.6 Å². The molecule has 1 amide bonds. The molecule has 19 heavy (non-hydrogen) atoms. The molecule has 5 nitrogen and oxygen atoms in total. The second-order valence-corrected chi connectivity index (χ2v) is 5.84. The van der Waals surface area contributed by atoms with E-state index < -0.39 is 5.60 Å². The van der Waals surface area contributed by atoms with Gasteiger partial charge in [0.05, 0.1) is 0 Å². The summed E-state index contributed by atoms with van der Waals surface area (Å²) in [5.41, 5.74) is -0.481. The fourth-order valence-corrected chi connectivity index (χ4v) is 2.13. The molecule has 1 fully saturated rings. The van der Waals surface area contributed by atoms with E-state index in [1.807, 2.05) is 39.8 Å². The molecule has 2 rings (SSSR count). The first-order valence-electron chi connectivity index (χ1n) is 6.63. The van der Waals surface area contributed by atoms with E-state index in [2.05, 4.69) is 5.32 Å². The van der Waals surface area contributed by atoms with Gasteiger partial charge < -0.3 is 14.5 Å². The van der Waals surface area contributed by atoms with Crippen molar-refractivity contribution in [3.8, 4) is 0 Å². The van der Waals surface area contributed by atoms with Crippen LogP contribution in [0.4, 0.5) is 4.79 Å². The Kier molecular flexibility index (Phi) is 3.85. The summed E-state index contributed by atoms with van der Waals surface area (Å²) in [5.74, 6) is 1.65. The number of furan rings is 1. The molecule has 0 saturated carbocycles. The number of piperazine rings is 1. The minimum atomic E-state index is -0.481. The fourth-order valence-electron chi connectivity index (χ4n) is 2.13. The van der Waals surface area contributed by atoms with Crippen LogP contribution in [0, 0.1) is 6.92 Å². The lowest BCUT2D eigenvalue weighted by atomic mass is 10.1. The van der Waals surface area contributed by atoms with E-state index in [9.17, 15) is 4.79 Å². The summed E-state index contributed by atoms with van der Waals surface area (Å²) in [6.45, 7) is 9.61. The van der Waals surface area contributed by atoms with Crippen LogP contribution in [0.25, 0.3) is 0 Å². The van der Waals surface area contributed by atoms with Gasteiger partial charge in [0.1, 0.15) is 23.2 Å². The lowest BCUT2D eigenvalue weighted by Gasteiger charge is -2.36. The minimum absolute atomic E-state index is 0.0997. The Morgan fingerprint density at radius 3 is 2.79 bits per heavy atom. The van der Waals surface area contributed by atoms with Crippen molar-refractivity contribution in [1.29, 1.82) is 0 Å². The van der Waals surface area contributed by atoms with Gasteiger partial charge in [-0.25, -0.2) is 4.79 Å². The summed E-state index contributed by atoms with van der Waals surface area (Å²) in [5, 5.41) is 3.28. The van der Waals surface area contributed by atoms with Crippen molar-refractivity contribution >= 4 is 6.09 Å².